The quantitative estimate of drug-likeness (QED) is 0.869. The molecule has 0 saturated carbocycles. The van der Waals surface area contributed by atoms with E-state index in [-0.39, 0.29) is 23.0 Å². The topological polar surface area (TPSA) is 94.9 Å². The maximum Gasteiger partial charge on any atom is 0.322 e. The van der Waals surface area contributed by atoms with Crippen molar-refractivity contribution in [2.75, 3.05) is 6.54 Å². The van der Waals surface area contributed by atoms with E-state index in [4.69, 9.17) is 23.2 Å². The molecule has 6 nitrogen and oxygen atoms in total. The van der Waals surface area contributed by atoms with E-state index >= 15 is 0 Å². The van der Waals surface area contributed by atoms with E-state index in [1.54, 1.807) is 0 Å². The van der Waals surface area contributed by atoms with Gasteiger partial charge in [-0.05, 0) is 31.4 Å². The third kappa shape index (κ3) is 3.11. The lowest BCUT2D eigenvalue weighted by Gasteiger charge is -2.32. The monoisotopic (exact) mass is 353 g/mol. The first-order chi connectivity index (χ1) is 9.75. The van der Waals surface area contributed by atoms with Gasteiger partial charge < -0.3 is 10.2 Å². The van der Waals surface area contributed by atoms with Crippen molar-refractivity contribution in [3.8, 4) is 5.75 Å². The Balaban J connectivity index is 2.53. The van der Waals surface area contributed by atoms with Crippen LogP contribution in [0.1, 0.15) is 19.3 Å². The molecule has 0 spiro atoms. The van der Waals surface area contributed by atoms with Crippen LogP contribution in [0.4, 0.5) is 0 Å². The first-order valence-electron chi connectivity index (χ1n) is 6.18. The summed E-state index contributed by atoms with van der Waals surface area (Å²) in [5.41, 5.74) is 0. The van der Waals surface area contributed by atoms with Crippen LogP contribution in [-0.4, -0.2) is 41.5 Å². The third-order valence-electron chi connectivity index (χ3n) is 3.32. The van der Waals surface area contributed by atoms with Gasteiger partial charge in [-0.1, -0.05) is 23.2 Å². The number of sulfonamides is 1. The summed E-state index contributed by atoms with van der Waals surface area (Å²) in [5, 5.41) is 18.9. The molecule has 0 aromatic heterocycles. The van der Waals surface area contributed by atoms with Gasteiger partial charge in [0.1, 0.15) is 10.9 Å². The average Bonchev–Trinajstić information content (AvgIpc) is 2.42. The summed E-state index contributed by atoms with van der Waals surface area (Å²) in [6, 6.07) is 1.12. The number of hydrogen-bond donors (Lipinski definition) is 2. The van der Waals surface area contributed by atoms with Crippen LogP contribution in [0.15, 0.2) is 17.0 Å². The summed E-state index contributed by atoms with van der Waals surface area (Å²) in [5.74, 6) is -1.85. The van der Waals surface area contributed by atoms with Gasteiger partial charge >= 0.3 is 5.97 Å². The highest BCUT2D eigenvalue weighted by Crippen LogP contribution is 2.37. The van der Waals surface area contributed by atoms with Crippen molar-refractivity contribution < 1.29 is 23.4 Å². The summed E-state index contributed by atoms with van der Waals surface area (Å²) in [7, 11) is -4.20. The van der Waals surface area contributed by atoms with Crippen LogP contribution in [0.3, 0.4) is 0 Å². The van der Waals surface area contributed by atoms with Crippen molar-refractivity contribution in [1.82, 2.24) is 4.31 Å². The molecule has 1 saturated heterocycles. The van der Waals surface area contributed by atoms with E-state index in [1.807, 2.05) is 0 Å². The highest BCUT2D eigenvalue weighted by Gasteiger charge is 2.39. The summed E-state index contributed by atoms with van der Waals surface area (Å²) in [6.45, 7) is 0.0723. The molecule has 0 bridgehead atoms. The molecule has 2 N–H and O–H groups in total. The summed E-state index contributed by atoms with van der Waals surface area (Å²) in [4.78, 5) is 10.8. The number of nitrogens with zero attached hydrogens (tertiary/aromatic N) is 1. The number of aliphatic carboxylic acids is 1. The molecule has 0 aliphatic carbocycles. The van der Waals surface area contributed by atoms with Gasteiger partial charge in [0, 0.05) is 11.6 Å². The number of halogens is 2. The molecule has 0 radical (unpaired) electrons. The highest BCUT2D eigenvalue weighted by molar-refractivity contribution is 7.89. The number of carboxylic acids is 1. The van der Waals surface area contributed by atoms with E-state index in [9.17, 15) is 23.4 Å². The second-order valence-electron chi connectivity index (χ2n) is 4.70. The van der Waals surface area contributed by atoms with Gasteiger partial charge in [-0.25, -0.2) is 8.42 Å². The first kappa shape index (κ1) is 16.4. The van der Waals surface area contributed by atoms with E-state index in [2.05, 4.69) is 0 Å². The molecule has 1 heterocycles. The number of rotatable bonds is 3. The van der Waals surface area contributed by atoms with Crippen LogP contribution < -0.4 is 0 Å². The lowest BCUT2D eigenvalue weighted by atomic mass is 10.1. The van der Waals surface area contributed by atoms with Crippen LogP contribution >= 0.6 is 23.2 Å². The zero-order valence-electron chi connectivity index (χ0n) is 10.8. The molecule has 1 aromatic carbocycles. The molecule has 1 aromatic rings. The normalized spacial score (nSPS) is 20.4. The van der Waals surface area contributed by atoms with Gasteiger partial charge in [0.15, 0.2) is 5.75 Å². The summed E-state index contributed by atoms with van der Waals surface area (Å²) < 4.78 is 26.1. The molecule has 0 amide bonds. The summed E-state index contributed by atoms with van der Waals surface area (Å²) in [6.07, 6.45) is 1.41. The Morgan fingerprint density at radius 2 is 1.95 bits per heavy atom. The fourth-order valence-electron chi connectivity index (χ4n) is 2.30. The van der Waals surface area contributed by atoms with Crippen LogP contribution in [0.5, 0.6) is 5.75 Å². The average molecular weight is 354 g/mol. The predicted molar refractivity (Wildman–Crippen MR) is 77.3 cm³/mol. The minimum absolute atomic E-state index is 0.0419. The number of phenols is 1. The van der Waals surface area contributed by atoms with Crippen molar-refractivity contribution in [2.24, 2.45) is 0 Å². The predicted octanol–water partition coefficient (Wildman–Crippen LogP) is 2.33. The molecule has 1 aliphatic heterocycles. The lowest BCUT2D eigenvalue weighted by molar-refractivity contribution is -0.142. The maximum absolute atomic E-state index is 12.6. The molecule has 2 rings (SSSR count). The SMILES string of the molecule is O=C(O)[C@H]1CCCCN1S(=O)(=O)c1cc(Cl)cc(Cl)c1O. The number of hydrogen-bond acceptors (Lipinski definition) is 4. The van der Waals surface area contributed by atoms with E-state index in [0.29, 0.717) is 12.8 Å². The van der Waals surface area contributed by atoms with Crippen molar-refractivity contribution in [1.29, 1.82) is 0 Å². The lowest BCUT2D eigenvalue weighted by Crippen LogP contribution is -2.47. The van der Waals surface area contributed by atoms with Gasteiger partial charge in [0.05, 0.1) is 5.02 Å². The Labute approximate surface area is 131 Å². The number of benzene rings is 1. The van der Waals surface area contributed by atoms with Gasteiger partial charge in [0.25, 0.3) is 0 Å². The zero-order chi connectivity index (χ0) is 15.8. The Morgan fingerprint density at radius 3 is 2.57 bits per heavy atom. The molecular formula is C12H13Cl2NO5S. The third-order valence-corrected chi connectivity index (χ3v) is 5.75. The minimum atomic E-state index is -4.20. The molecular weight excluding hydrogens is 341 g/mol. The molecule has 9 heteroatoms. The maximum atomic E-state index is 12.6. The first-order valence-corrected chi connectivity index (χ1v) is 8.37. The largest absolute Gasteiger partial charge is 0.505 e. The number of carboxylic acid groups (broad SMARTS) is 1. The van der Waals surface area contributed by atoms with Gasteiger partial charge in [-0.3, -0.25) is 4.79 Å². The smallest absolute Gasteiger partial charge is 0.322 e. The van der Waals surface area contributed by atoms with Gasteiger partial charge in [-0.2, -0.15) is 4.31 Å². The number of phenolic OH excluding ortho intramolecular Hbond substituents is 1. The van der Waals surface area contributed by atoms with E-state index in [1.165, 1.54) is 6.07 Å². The van der Waals surface area contributed by atoms with Crippen LogP contribution in [0.25, 0.3) is 0 Å². The van der Waals surface area contributed by atoms with E-state index < -0.39 is 32.7 Å². The van der Waals surface area contributed by atoms with Crippen LogP contribution in [0.2, 0.25) is 10.0 Å². The fourth-order valence-corrected chi connectivity index (χ4v) is 4.70. The molecule has 21 heavy (non-hydrogen) atoms. The minimum Gasteiger partial charge on any atom is -0.505 e. The van der Waals surface area contributed by atoms with Gasteiger partial charge in [-0.15, -0.1) is 0 Å². The zero-order valence-corrected chi connectivity index (χ0v) is 13.1. The Kier molecular flexibility index (Phi) is 4.67. The van der Waals surface area contributed by atoms with Crippen molar-refractivity contribution in [3.63, 3.8) is 0 Å². The number of carbonyl (C=O) groups is 1. The fraction of sp³-hybridized carbons (Fsp3) is 0.417. The molecule has 116 valence electrons. The summed E-state index contributed by atoms with van der Waals surface area (Å²) >= 11 is 11.5. The highest BCUT2D eigenvalue weighted by atomic mass is 35.5. The van der Waals surface area contributed by atoms with E-state index in [0.717, 1.165) is 10.4 Å². The second-order valence-corrected chi connectivity index (χ2v) is 7.40. The van der Waals surface area contributed by atoms with Crippen molar-refractivity contribution >= 4 is 39.2 Å². The molecule has 0 unspecified atom stereocenters. The van der Waals surface area contributed by atoms with Gasteiger partial charge in [0.2, 0.25) is 10.0 Å². The van der Waals surface area contributed by atoms with Crippen molar-refractivity contribution in [3.05, 3.63) is 22.2 Å². The second kappa shape index (κ2) is 6.00. The van der Waals surface area contributed by atoms with Crippen LogP contribution in [-0.2, 0) is 14.8 Å². The Morgan fingerprint density at radius 1 is 1.29 bits per heavy atom. The molecule has 1 fully saturated rings. The Hall–Kier alpha value is -1.02. The van der Waals surface area contributed by atoms with Crippen molar-refractivity contribution in [2.45, 2.75) is 30.2 Å². The number of piperidine rings is 1. The molecule has 1 aliphatic rings. The standard InChI is InChI=1S/C12H13Cl2NO5S/c13-7-5-8(14)11(16)10(6-7)21(19,20)15-4-2-1-3-9(15)12(17)18/h5-6,9,16H,1-4H2,(H,17,18)/t9-/m1/s1. The Bertz CT molecular complexity index is 676. The molecule has 1 atom stereocenters. The number of aromatic hydroxyl groups is 1. The van der Waals surface area contributed by atoms with Crippen LogP contribution in [0, 0.1) is 0 Å².